The molecule has 0 saturated heterocycles. The summed E-state index contributed by atoms with van der Waals surface area (Å²) < 4.78 is 25.3. The van der Waals surface area contributed by atoms with E-state index < -0.39 is 15.9 Å². The summed E-state index contributed by atoms with van der Waals surface area (Å²) >= 11 is 0. The molecule has 21 heavy (non-hydrogen) atoms. The van der Waals surface area contributed by atoms with E-state index in [0.717, 1.165) is 0 Å². The van der Waals surface area contributed by atoms with Gasteiger partial charge in [-0.3, -0.25) is 9.59 Å². The number of amides is 1. The average Bonchev–Trinajstić information content (AvgIpc) is 2.48. The molecule has 1 aromatic heterocycles. The van der Waals surface area contributed by atoms with E-state index in [-0.39, 0.29) is 16.0 Å². The van der Waals surface area contributed by atoms with Crippen LogP contribution in [-0.2, 0) is 10.0 Å². The van der Waals surface area contributed by atoms with Crippen molar-refractivity contribution in [3.05, 3.63) is 58.5 Å². The molecule has 0 aliphatic carbocycles. The highest BCUT2D eigenvalue weighted by Gasteiger charge is 2.11. The highest BCUT2D eigenvalue weighted by molar-refractivity contribution is 7.89. The molecular formula is C13H13N3O4S. The lowest BCUT2D eigenvalue weighted by Gasteiger charge is -2.06. The minimum absolute atomic E-state index is 0.0964. The van der Waals surface area contributed by atoms with Crippen LogP contribution in [0.15, 0.2) is 52.3 Å². The topological polar surface area (TPSA) is 108 Å². The van der Waals surface area contributed by atoms with Crippen molar-refractivity contribution in [3.8, 4) is 0 Å². The molecule has 1 heterocycles. The summed E-state index contributed by atoms with van der Waals surface area (Å²) in [4.78, 5) is 25.5. The first-order valence-electron chi connectivity index (χ1n) is 5.96. The maximum atomic E-state index is 11.9. The quantitative estimate of drug-likeness (QED) is 0.766. The summed E-state index contributed by atoms with van der Waals surface area (Å²) in [7, 11) is -2.19. The van der Waals surface area contributed by atoms with E-state index in [4.69, 9.17) is 0 Å². The molecular weight excluding hydrogens is 294 g/mol. The van der Waals surface area contributed by atoms with Crippen LogP contribution in [0.3, 0.4) is 0 Å². The summed E-state index contributed by atoms with van der Waals surface area (Å²) in [5.41, 5.74) is 0.263. The monoisotopic (exact) mass is 307 g/mol. The Hall–Kier alpha value is -2.45. The van der Waals surface area contributed by atoms with Crippen LogP contribution >= 0.6 is 0 Å². The predicted molar refractivity (Wildman–Crippen MR) is 77.7 cm³/mol. The van der Waals surface area contributed by atoms with E-state index in [1.54, 1.807) is 0 Å². The van der Waals surface area contributed by atoms with Crippen LogP contribution in [0.4, 0.5) is 5.69 Å². The molecule has 0 unspecified atom stereocenters. The van der Waals surface area contributed by atoms with Crippen molar-refractivity contribution in [1.29, 1.82) is 0 Å². The predicted octanol–water partition coefficient (Wildman–Crippen LogP) is 0.535. The first-order chi connectivity index (χ1) is 9.92. The minimum Gasteiger partial charge on any atom is -0.329 e. The van der Waals surface area contributed by atoms with Gasteiger partial charge in [-0.25, -0.2) is 13.1 Å². The summed E-state index contributed by atoms with van der Waals surface area (Å²) in [6, 6.07) is 8.33. The summed E-state index contributed by atoms with van der Waals surface area (Å²) in [5, 5.41) is 2.58. The van der Waals surface area contributed by atoms with Crippen molar-refractivity contribution in [2.45, 2.75) is 4.90 Å². The number of nitrogens with one attached hydrogen (secondary N) is 3. The fourth-order valence-electron chi connectivity index (χ4n) is 1.62. The number of sulfonamides is 1. The van der Waals surface area contributed by atoms with Crippen LogP contribution in [0, 0.1) is 0 Å². The largest absolute Gasteiger partial charge is 0.329 e. The Bertz CT molecular complexity index is 810. The number of aromatic amines is 1. The maximum Gasteiger partial charge on any atom is 0.255 e. The van der Waals surface area contributed by atoms with Gasteiger partial charge in [-0.15, -0.1) is 0 Å². The Morgan fingerprint density at radius 2 is 1.81 bits per heavy atom. The molecule has 0 radical (unpaired) electrons. The molecule has 0 aliphatic rings. The summed E-state index contributed by atoms with van der Waals surface area (Å²) in [5.74, 6) is -0.453. The highest BCUT2D eigenvalue weighted by Crippen LogP contribution is 2.14. The van der Waals surface area contributed by atoms with E-state index in [9.17, 15) is 18.0 Å². The number of carbonyl (C=O) groups is 1. The molecule has 0 spiro atoms. The Morgan fingerprint density at radius 3 is 2.38 bits per heavy atom. The molecule has 3 N–H and O–H groups in total. The number of anilines is 1. The van der Waals surface area contributed by atoms with Crippen LogP contribution in [0.5, 0.6) is 0 Å². The number of hydrogen-bond acceptors (Lipinski definition) is 4. The molecule has 7 nitrogen and oxygen atoms in total. The fraction of sp³-hybridized carbons (Fsp3) is 0.0769. The van der Waals surface area contributed by atoms with Gasteiger partial charge in [-0.2, -0.15) is 0 Å². The first kappa shape index (κ1) is 14.9. The number of pyridine rings is 1. The van der Waals surface area contributed by atoms with Gasteiger partial charge in [0.2, 0.25) is 15.6 Å². The lowest BCUT2D eigenvalue weighted by molar-refractivity contribution is 0.102. The van der Waals surface area contributed by atoms with Gasteiger partial charge in [0.15, 0.2) is 0 Å². The van der Waals surface area contributed by atoms with Crippen molar-refractivity contribution < 1.29 is 13.2 Å². The van der Waals surface area contributed by atoms with Gasteiger partial charge in [0.25, 0.3) is 5.91 Å². The number of H-pyrrole nitrogens is 1. The molecule has 1 aromatic carbocycles. The zero-order valence-corrected chi connectivity index (χ0v) is 11.9. The van der Waals surface area contributed by atoms with E-state index in [1.807, 2.05) is 0 Å². The zero-order valence-electron chi connectivity index (χ0n) is 11.1. The number of carbonyl (C=O) groups excluding carboxylic acids is 1. The van der Waals surface area contributed by atoms with Crippen molar-refractivity contribution in [2.75, 3.05) is 12.4 Å². The molecule has 1 amide bonds. The molecule has 0 saturated carbocycles. The molecule has 0 bridgehead atoms. The van der Waals surface area contributed by atoms with Crippen molar-refractivity contribution >= 4 is 21.6 Å². The Labute approximate surface area is 121 Å². The van der Waals surface area contributed by atoms with Crippen molar-refractivity contribution in [3.63, 3.8) is 0 Å². The highest BCUT2D eigenvalue weighted by atomic mass is 32.2. The molecule has 0 aliphatic heterocycles. The van der Waals surface area contributed by atoms with Crippen LogP contribution in [0.2, 0.25) is 0 Å². The van der Waals surface area contributed by atoms with E-state index in [0.29, 0.717) is 5.69 Å². The van der Waals surface area contributed by atoms with Gasteiger partial charge in [0.05, 0.1) is 4.90 Å². The Morgan fingerprint density at radius 1 is 1.14 bits per heavy atom. The Kier molecular flexibility index (Phi) is 4.20. The van der Waals surface area contributed by atoms with Crippen LogP contribution in [0.25, 0.3) is 0 Å². The molecule has 110 valence electrons. The SMILES string of the molecule is CNS(=O)(=O)c1ccc(NC(=O)c2cc[nH]c(=O)c2)cc1. The Balaban J connectivity index is 2.18. The average molecular weight is 307 g/mol. The third-order valence-electron chi connectivity index (χ3n) is 2.73. The molecule has 0 fully saturated rings. The second kappa shape index (κ2) is 5.90. The zero-order chi connectivity index (χ0) is 15.5. The van der Waals surface area contributed by atoms with Crippen molar-refractivity contribution in [2.24, 2.45) is 0 Å². The third kappa shape index (κ3) is 3.56. The van der Waals surface area contributed by atoms with Gasteiger partial charge in [-0.05, 0) is 37.4 Å². The lowest BCUT2D eigenvalue weighted by Crippen LogP contribution is -2.19. The van der Waals surface area contributed by atoms with Gasteiger partial charge >= 0.3 is 0 Å². The van der Waals surface area contributed by atoms with Gasteiger partial charge in [0.1, 0.15) is 0 Å². The summed E-state index contributed by atoms with van der Waals surface area (Å²) in [6.07, 6.45) is 1.37. The smallest absolute Gasteiger partial charge is 0.255 e. The van der Waals surface area contributed by atoms with Crippen molar-refractivity contribution in [1.82, 2.24) is 9.71 Å². The summed E-state index contributed by atoms with van der Waals surface area (Å²) in [6.45, 7) is 0. The third-order valence-corrected chi connectivity index (χ3v) is 4.16. The second-order valence-electron chi connectivity index (χ2n) is 4.13. The maximum absolute atomic E-state index is 11.9. The van der Waals surface area contributed by atoms with Crippen LogP contribution in [0.1, 0.15) is 10.4 Å². The number of benzene rings is 1. The van der Waals surface area contributed by atoms with Crippen LogP contribution in [-0.4, -0.2) is 26.4 Å². The normalized spacial score (nSPS) is 11.1. The van der Waals surface area contributed by atoms with Gasteiger partial charge < -0.3 is 10.3 Å². The minimum atomic E-state index is -3.51. The van der Waals surface area contributed by atoms with Gasteiger partial charge in [-0.1, -0.05) is 0 Å². The van der Waals surface area contributed by atoms with Crippen LogP contribution < -0.4 is 15.6 Å². The first-order valence-corrected chi connectivity index (χ1v) is 7.44. The number of rotatable bonds is 4. The molecule has 2 aromatic rings. The number of aromatic nitrogens is 1. The molecule has 0 atom stereocenters. The standard InChI is InChI=1S/C13H13N3O4S/c1-14-21(19,20)11-4-2-10(3-5-11)16-13(18)9-6-7-15-12(17)8-9/h2-8,14H,1H3,(H,15,17)(H,16,18). The second-order valence-corrected chi connectivity index (χ2v) is 6.01. The lowest BCUT2D eigenvalue weighted by atomic mass is 10.2. The fourth-order valence-corrected chi connectivity index (χ4v) is 2.35. The molecule has 2 rings (SSSR count). The van der Waals surface area contributed by atoms with E-state index in [2.05, 4.69) is 15.0 Å². The van der Waals surface area contributed by atoms with E-state index in [1.165, 1.54) is 49.6 Å². The van der Waals surface area contributed by atoms with Gasteiger partial charge in [0, 0.05) is 23.5 Å². The van der Waals surface area contributed by atoms with E-state index >= 15 is 0 Å². The molecule has 8 heteroatoms. The number of hydrogen-bond donors (Lipinski definition) is 3.